The van der Waals surface area contributed by atoms with Crippen molar-refractivity contribution >= 4 is 17.9 Å². The van der Waals surface area contributed by atoms with Crippen LogP contribution in [0.5, 0.6) is 0 Å². The zero-order valence-electron chi connectivity index (χ0n) is 54.4. The molecule has 0 rings (SSSR count). The number of allylic oxidation sites excluding steroid dienone is 20. The summed E-state index contributed by atoms with van der Waals surface area (Å²) in [6, 6.07) is 0. The van der Waals surface area contributed by atoms with E-state index < -0.39 is 6.10 Å². The molecule has 0 aromatic carbocycles. The summed E-state index contributed by atoms with van der Waals surface area (Å²) in [6.07, 6.45) is 97.8. The van der Waals surface area contributed by atoms with Gasteiger partial charge in [0.1, 0.15) is 13.2 Å². The van der Waals surface area contributed by atoms with E-state index in [1.807, 2.05) is 0 Å². The first-order chi connectivity index (χ1) is 41.0. The highest BCUT2D eigenvalue weighted by atomic mass is 16.6. The van der Waals surface area contributed by atoms with E-state index in [0.717, 1.165) is 128 Å². The third-order valence-electron chi connectivity index (χ3n) is 14.9. The molecule has 6 nitrogen and oxygen atoms in total. The van der Waals surface area contributed by atoms with Gasteiger partial charge in [-0.05, 0) is 135 Å². The molecule has 0 spiro atoms. The van der Waals surface area contributed by atoms with E-state index in [1.54, 1.807) is 0 Å². The molecular weight excluding hydrogens is 1020 g/mol. The Morgan fingerprint density at radius 1 is 0.253 bits per heavy atom. The molecule has 0 heterocycles. The molecule has 0 saturated heterocycles. The number of esters is 3. The van der Waals surface area contributed by atoms with Crippen molar-refractivity contribution in [2.45, 2.75) is 335 Å². The molecule has 0 radical (unpaired) electrons. The predicted molar refractivity (Wildman–Crippen MR) is 362 cm³/mol. The number of rotatable bonds is 63. The number of hydrogen-bond acceptors (Lipinski definition) is 6. The first-order valence-corrected chi connectivity index (χ1v) is 35.0. The maximum Gasteiger partial charge on any atom is 0.306 e. The average molecular weight is 1150 g/mol. The molecule has 474 valence electrons. The Kier molecular flexibility index (Phi) is 66.7. The van der Waals surface area contributed by atoms with Gasteiger partial charge in [0.15, 0.2) is 6.10 Å². The summed E-state index contributed by atoms with van der Waals surface area (Å²) < 4.78 is 17.0. The van der Waals surface area contributed by atoms with Crippen molar-refractivity contribution in [2.75, 3.05) is 13.2 Å². The second-order valence-corrected chi connectivity index (χ2v) is 23.1. The second kappa shape index (κ2) is 70.3. The fourth-order valence-electron chi connectivity index (χ4n) is 9.68. The van der Waals surface area contributed by atoms with E-state index in [1.165, 1.54) is 161 Å². The molecule has 0 saturated carbocycles. The standard InChI is InChI=1S/C77H130O6/c1-4-7-10-13-16-19-22-25-28-31-34-36-37-38-39-41-43-46-49-52-55-58-61-64-67-70-76(79)82-73-74(72-81-75(78)69-66-63-60-57-54-51-48-45-42-33-30-27-24-21-18-15-12-9-6-3)83-77(80)71-68-65-62-59-56-53-50-47-44-40-35-32-29-26-23-20-17-14-11-8-5-2/h7,10,16,18-19,21,23,25-28,30,32,34-36,42,44-45,47,74H,4-6,8-9,11-15,17,20,22,24,29,31,33,37-41,43,46,48-73H2,1-3H3/b10-7-,19-16-,21-18-,26-23-,28-25-,30-27-,35-32-,36-34-,45-42-,47-44-. The number of carbonyl (C=O) groups excluding carboxylic acids is 3. The molecule has 6 heteroatoms. The predicted octanol–water partition coefficient (Wildman–Crippen LogP) is 24.3. The van der Waals surface area contributed by atoms with Crippen molar-refractivity contribution in [3.05, 3.63) is 122 Å². The number of unbranched alkanes of at least 4 members (excludes halogenated alkanes) is 32. The number of carbonyl (C=O) groups is 3. The zero-order valence-corrected chi connectivity index (χ0v) is 54.4. The highest BCUT2D eigenvalue weighted by Crippen LogP contribution is 2.16. The first-order valence-electron chi connectivity index (χ1n) is 35.0. The number of ether oxygens (including phenoxy) is 3. The number of hydrogen-bond donors (Lipinski definition) is 0. The van der Waals surface area contributed by atoms with Crippen LogP contribution >= 0.6 is 0 Å². The summed E-state index contributed by atoms with van der Waals surface area (Å²) in [4.78, 5) is 38.5. The van der Waals surface area contributed by atoms with E-state index in [2.05, 4.69) is 142 Å². The highest BCUT2D eigenvalue weighted by molar-refractivity contribution is 5.71. The molecule has 0 aliphatic rings. The lowest BCUT2D eigenvalue weighted by molar-refractivity contribution is -0.167. The Bertz CT molecular complexity index is 1700. The Labute approximate surface area is 513 Å². The van der Waals surface area contributed by atoms with Gasteiger partial charge in [0.2, 0.25) is 0 Å². The maximum absolute atomic E-state index is 13.0. The molecule has 0 fully saturated rings. The summed E-state index contributed by atoms with van der Waals surface area (Å²) in [6.45, 7) is 6.50. The molecule has 0 aliphatic heterocycles. The van der Waals surface area contributed by atoms with Crippen molar-refractivity contribution in [3.8, 4) is 0 Å². The zero-order chi connectivity index (χ0) is 59.9. The molecular formula is C77H130O6. The Hall–Kier alpha value is -4.19. The van der Waals surface area contributed by atoms with E-state index in [4.69, 9.17) is 14.2 Å². The van der Waals surface area contributed by atoms with Crippen LogP contribution in [0.3, 0.4) is 0 Å². The summed E-state index contributed by atoms with van der Waals surface area (Å²) in [5.74, 6) is -0.907. The average Bonchev–Trinajstić information content (AvgIpc) is 3.50. The molecule has 0 aromatic rings. The summed E-state index contributed by atoms with van der Waals surface area (Å²) in [7, 11) is 0. The van der Waals surface area contributed by atoms with Crippen LogP contribution in [0.15, 0.2) is 122 Å². The van der Waals surface area contributed by atoms with Gasteiger partial charge < -0.3 is 14.2 Å². The minimum absolute atomic E-state index is 0.0900. The van der Waals surface area contributed by atoms with Crippen LogP contribution < -0.4 is 0 Å². The molecule has 0 N–H and O–H groups in total. The van der Waals surface area contributed by atoms with Crippen molar-refractivity contribution in [1.29, 1.82) is 0 Å². The molecule has 1 unspecified atom stereocenters. The molecule has 1 atom stereocenters. The Morgan fingerprint density at radius 2 is 0.470 bits per heavy atom. The third kappa shape index (κ3) is 68.5. The molecule has 0 aromatic heterocycles. The van der Waals surface area contributed by atoms with Gasteiger partial charge in [0.25, 0.3) is 0 Å². The topological polar surface area (TPSA) is 78.9 Å². The van der Waals surface area contributed by atoms with Crippen molar-refractivity contribution < 1.29 is 28.6 Å². The fraction of sp³-hybridized carbons (Fsp3) is 0.701. The van der Waals surface area contributed by atoms with Gasteiger partial charge in [0, 0.05) is 19.3 Å². The summed E-state index contributed by atoms with van der Waals surface area (Å²) in [5, 5.41) is 0. The van der Waals surface area contributed by atoms with Crippen LogP contribution in [0, 0.1) is 0 Å². The first kappa shape index (κ1) is 78.8. The normalized spacial score (nSPS) is 12.9. The van der Waals surface area contributed by atoms with E-state index in [0.29, 0.717) is 19.3 Å². The lowest BCUT2D eigenvalue weighted by Gasteiger charge is -2.18. The van der Waals surface area contributed by atoms with Crippen molar-refractivity contribution in [2.24, 2.45) is 0 Å². The highest BCUT2D eigenvalue weighted by Gasteiger charge is 2.19. The summed E-state index contributed by atoms with van der Waals surface area (Å²) in [5.41, 5.74) is 0. The minimum atomic E-state index is -0.797. The molecule has 0 aliphatic carbocycles. The van der Waals surface area contributed by atoms with Crippen LogP contribution in [0.25, 0.3) is 0 Å². The van der Waals surface area contributed by atoms with Crippen LogP contribution in [0.2, 0.25) is 0 Å². The van der Waals surface area contributed by atoms with E-state index >= 15 is 0 Å². The van der Waals surface area contributed by atoms with Crippen LogP contribution in [-0.2, 0) is 28.6 Å². The largest absolute Gasteiger partial charge is 0.462 e. The Balaban J connectivity index is 4.42. The van der Waals surface area contributed by atoms with Gasteiger partial charge in [0.05, 0.1) is 0 Å². The van der Waals surface area contributed by atoms with E-state index in [-0.39, 0.29) is 31.1 Å². The van der Waals surface area contributed by atoms with Gasteiger partial charge in [-0.2, -0.15) is 0 Å². The third-order valence-corrected chi connectivity index (χ3v) is 14.9. The molecule has 0 bridgehead atoms. The lowest BCUT2D eigenvalue weighted by Crippen LogP contribution is -2.30. The quantitative estimate of drug-likeness (QED) is 0.0261. The monoisotopic (exact) mass is 1150 g/mol. The smallest absolute Gasteiger partial charge is 0.306 e. The fourth-order valence-corrected chi connectivity index (χ4v) is 9.68. The second-order valence-electron chi connectivity index (χ2n) is 23.1. The Morgan fingerprint density at radius 3 is 0.759 bits per heavy atom. The van der Waals surface area contributed by atoms with Gasteiger partial charge in [-0.25, -0.2) is 0 Å². The van der Waals surface area contributed by atoms with Crippen LogP contribution in [0.4, 0.5) is 0 Å². The van der Waals surface area contributed by atoms with Gasteiger partial charge in [-0.1, -0.05) is 296 Å². The van der Waals surface area contributed by atoms with E-state index in [9.17, 15) is 14.4 Å². The van der Waals surface area contributed by atoms with Crippen LogP contribution in [-0.4, -0.2) is 37.2 Å². The van der Waals surface area contributed by atoms with Gasteiger partial charge >= 0.3 is 17.9 Å². The van der Waals surface area contributed by atoms with Crippen molar-refractivity contribution in [3.63, 3.8) is 0 Å². The molecule has 83 heavy (non-hydrogen) atoms. The molecule has 0 amide bonds. The minimum Gasteiger partial charge on any atom is -0.462 e. The van der Waals surface area contributed by atoms with Crippen LogP contribution in [0.1, 0.15) is 329 Å². The lowest BCUT2D eigenvalue weighted by atomic mass is 10.0. The van der Waals surface area contributed by atoms with Gasteiger partial charge in [-0.3, -0.25) is 14.4 Å². The maximum atomic E-state index is 13.0. The summed E-state index contributed by atoms with van der Waals surface area (Å²) >= 11 is 0. The SMILES string of the molecule is CC/C=C\C/C=C\C/C=C\C/C=C\CCCCCCCCCCCCCCC(=O)OCC(COC(=O)CCCCCCCC/C=C\C/C=C\C/C=C\CCCCC)OC(=O)CCCCCCCC/C=C\C/C=C\C/C=C\CCCCCCC. The van der Waals surface area contributed by atoms with Gasteiger partial charge in [-0.15, -0.1) is 0 Å². The van der Waals surface area contributed by atoms with Crippen molar-refractivity contribution in [1.82, 2.24) is 0 Å².